The van der Waals surface area contributed by atoms with E-state index in [4.69, 9.17) is 6.57 Å². The molecule has 0 spiro atoms. The smallest absolute Gasteiger partial charge is 0.189 e. The average Bonchev–Trinajstić information content (AvgIpc) is 2.65. The van der Waals surface area contributed by atoms with Crippen molar-refractivity contribution in [3.05, 3.63) is 53.6 Å². The van der Waals surface area contributed by atoms with Crippen molar-refractivity contribution in [2.75, 3.05) is 0 Å². The predicted molar refractivity (Wildman–Crippen MR) is 54.6 cm³/mol. The molecule has 0 bridgehead atoms. The van der Waals surface area contributed by atoms with E-state index in [2.05, 4.69) is 9.94 Å². The Morgan fingerprint density at radius 3 is 2.86 bits per heavy atom. The summed E-state index contributed by atoms with van der Waals surface area (Å²) in [5.74, 6) is 0. The summed E-state index contributed by atoms with van der Waals surface area (Å²) in [5, 5.41) is 4.27. The third kappa shape index (κ3) is 1.50. The molecule has 0 aliphatic rings. The molecule has 0 aliphatic heterocycles. The zero-order valence-corrected chi connectivity index (χ0v) is 7.81. The molecule has 0 saturated carbocycles. The molecule has 3 heteroatoms. The van der Waals surface area contributed by atoms with Crippen LogP contribution in [0.5, 0.6) is 0 Å². The third-order valence-electron chi connectivity index (χ3n) is 1.95. The van der Waals surface area contributed by atoms with Crippen LogP contribution in [0.3, 0.4) is 0 Å². The number of hydrogen-bond acceptors (Lipinski definition) is 1. The van der Waals surface area contributed by atoms with Gasteiger partial charge in [-0.2, -0.15) is 5.10 Å². The number of nitrogens with zero attached hydrogens (tertiary/aromatic N) is 3. The Morgan fingerprint density at radius 2 is 2.21 bits per heavy atom. The van der Waals surface area contributed by atoms with E-state index in [1.165, 1.54) is 0 Å². The maximum absolute atomic E-state index is 6.90. The zero-order chi connectivity index (χ0) is 9.97. The van der Waals surface area contributed by atoms with Crippen LogP contribution in [0, 0.1) is 13.5 Å². The molecule has 1 heterocycles. The van der Waals surface area contributed by atoms with Crippen LogP contribution >= 0.6 is 0 Å². The van der Waals surface area contributed by atoms with Crippen LogP contribution in [0.4, 0.5) is 5.69 Å². The molecule has 0 aliphatic carbocycles. The largest absolute Gasteiger partial charge is 0.242 e. The summed E-state index contributed by atoms with van der Waals surface area (Å²) >= 11 is 0. The first kappa shape index (κ1) is 8.52. The number of aromatic nitrogens is 2. The highest BCUT2D eigenvalue weighted by Gasteiger charge is 1.98. The molecule has 0 fully saturated rings. The summed E-state index contributed by atoms with van der Waals surface area (Å²) in [6.45, 7) is 8.84. The summed E-state index contributed by atoms with van der Waals surface area (Å²) in [6.07, 6.45) is 1.89. The van der Waals surface area contributed by atoms with Crippen LogP contribution in [-0.4, -0.2) is 9.78 Å². The van der Waals surface area contributed by atoms with Gasteiger partial charge in [0.1, 0.15) is 0 Å². The van der Waals surface area contributed by atoms with Crippen molar-refractivity contribution in [1.82, 2.24) is 9.78 Å². The SMILES string of the molecule is [C-]#[N+]c1cccc(-n2ccc(C)n2)c1. The minimum absolute atomic E-state index is 0.635. The van der Waals surface area contributed by atoms with Crippen LogP contribution in [0.2, 0.25) is 0 Å². The minimum Gasteiger partial charge on any atom is -0.242 e. The summed E-state index contributed by atoms with van der Waals surface area (Å²) in [6, 6.07) is 9.33. The van der Waals surface area contributed by atoms with Crippen molar-refractivity contribution in [1.29, 1.82) is 0 Å². The molecular formula is C11H9N3. The fourth-order valence-electron chi connectivity index (χ4n) is 1.26. The van der Waals surface area contributed by atoms with Crippen molar-refractivity contribution in [2.24, 2.45) is 0 Å². The lowest BCUT2D eigenvalue weighted by Gasteiger charge is -2.00. The van der Waals surface area contributed by atoms with E-state index in [9.17, 15) is 0 Å². The Kier molecular flexibility index (Phi) is 2.04. The Labute approximate surface area is 82.4 Å². The Morgan fingerprint density at radius 1 is 1.36 bits per heavy atom. The van der Waals surface area contributed by atoms with Gasteiger partial charge >= 0.3 is 0 Å². The second-order valence-corrected chi connectivity index (χ2v) is 3.03. The van der Waals surface area contributed by atoms with E-state index < -0.39 is 0 Å². The first-order chi connectivity index (χ1) is 6.79. The molecule has 0 unspecified atom stereocenters. The molecule has 3 nitrogen and oxygen atoms in total. The monoisotopic (exact) mass is 183 g/mol. The van der Waals surface area contributed by atoms with Gasteiger partial charge in [0.2, 0.25) is 0 Å². The maximum Gasteiger partial charge on any atom is 0.189 e. The van der Waals surface area contributed by atoms with Crippen molar-refractivity contribution in [3.8, 4) is 5.69 Å². The molecule has 0 N–H and O–H groups in total. The van der Waals surface area contributed by atoms with E-state index in [1.807, 2.05) is 37.4 Å². The van der Waals surface area contributed by atoms with Crippen molar-refractivity contribution < 1.29 is 0 Å². The first-order valence-corrected chi connectivity index (χ1v) is 4.30. The molecule has 2 aromatic rings. The molecule has 68 valence electrons. The molecule has 0 atom stereocenters. The summed E-state index contributed by atoms with van der Waals surface area (Å²) < 4.78 is 1.77. The van der Waals surface area contributed by atoms with Gasteiger partial charge in [0.05, 0.1) is 18.0 Å². The molecule has 1 aromatic heterocycles. The lowest BCUT2D eigenvalue weighted by Crippen LogP contribution is -1.93. The predicted octanol–water partition coefficient (Wildman–Crippen LogP) is 2.73. The zero-order valence-electron chi connectivity index (χ0n) is 7.81. The van der Waals surface area contributed by atoms with Gasteiger partial charge in [-0.3, -0.25) is 0 Å². The van der Waals surface area contributed by atoms with E-state index in [-0.39, 0.29) is 0 Å². The van der Waals surface area contributed by atoms with Gasteiger partial charge in [0.15, 0.2) is 5.69 Å². The van der Waals surface area contributed by atoms with Crippen LogP contribution in [0.25, 0.3) is 10.5 Å². The summed E-state index contributed by atoms with van der Waals surface area (Å²) in [4.78, 5) is 3.37. The highest BCUT2D eigenvalue weighted by Crippen LogP contribution is 2.16. The van der Waals surface area contributed by atoms with Gasteiger partial charge in [0.25, 0.3) is 0 Å². The molecule has 2 rings (SSSR count). The number of hydrogen-bond donors (Lipinski definition) is 0. The fourth-order valence-corrected chi connectivity index (χ4v) is 1.26. The second-order valence-electron chi connectivity index (χ2n) is 3.03. The normalized spacial score (nSPS) is 9.71. The highest BCUT2D eigenvalue weighted by molar-refractivity contribution is 5.51. The molecule has 0 amide bonds. The molecule has 0 saturated heterocycles. The van der Waals surface area contributed by atoms with Crippen LogP contribution < -0.4 is 0 Å². The van der Waals surface area contributed by atoms with Gasteiger partial charge in [-0.15, -0.1) is 0 Å². The number of aryl methyl sites for hydroxylation is 1. The lowest BCUT2D eigenvalue weighted by molar-refractivity contribution is 0.863. The van der Waals surface area contributed by atoms with Gasteiger partial charge < -0.3 is 0 Å². The molecule has 14 heavy (non-hydrogen) atoms. The van der Waals surface area contributed by atoms with E-state index in [0.717, 1.165) is 11.4 Å². The minimum atomic E-state index is 0.635. The van der Waals surface area contributed by atoms with E-state index >= 15 is 0 Å². The fraction of sp³-hybridized carbons (Fsp3) is 0.0909. The van der Waals surface area contributed by atoms with Crippen molar-refractivity contribution in [3.63, 3.8) is 0 Å². The molecule has 1 aromatic carbocycles. The Balaban J connectivity index is 2.47. The lowest BCUT2D eigenvalue weighted by atomic mass is 10.3. The van der Waals surface area contributed by atoms with E-state index in [1.54, 1.807) is 10.7 Å². The molecule has 0 radical (unpaired) electrons. The third-order valence-corrected chi connectivity index (χ3v) is 1.95. The second kappa shape index (κ2) is 3.35. The van der Waals surface area contributed by atoms with Crippen molar-refractivity contribution >= 4 is 5.69 Å². The van der Waals surface area contributed by atoms with Crippen LogP contribution in [0.1, 0.15) is 5.69 Å². The maximum atomic E-state index is 6.90. The summed E-state index contributed by atoms with van der Waals surface area (Å²) in [5.41, 5.74) is 2.53. The van der Waals surface area contributed by atoms with Crippen LogP contribution in [-0.2, 0) is 0 Å². The Hall–Kier alpha value is -2.08. The van der Waals surface area contributed by atoms with Gasteiger partial charge in [-0.1, -0.05) is 12.1 Å². The van der Waals surface area contributed by atoms with E-state index in [0.29, 0.717) is 5.69 Å². The van der Waals surface area contributed by atoms with Gasteiger partial charge in [0, 0.05) is 6.20 Å². The first-order valence-electron chi connectivity index (χ1n) is 4.30. The molecular weight excluding hydrogens is 174 g/mol. The average molecular weight is 183 g/mol. The Bertz CT molecular complexity index is 491. The van der Waals surface area contributed by atoms with Gasteiger partial charge in [-0.25, -0.2) is 9.53 Å². The summed E-state index contributed by atoms with van der Waals surface area (Å²) in [7, 11) is 0. The van der Waals surface area contributed by atoms with Crippen molar-refractivity contribution in [2.45, 2.75) is 6.92 Å². The number of benzene rings is 1. The topological polar surface area (TPSA) is 22.2 Å². The standard InChI is InChI=1S/C11H9N3/c1-9-6-7-14(13-9)11-5-3-4-10(8-11)12-2/h3-8H,1H3. The van der Waals surface area contributed by atoms with Gasteiger partial charge in [-0.05, 0) is 25.1 Å². The number of rotatable bonds is 1. The highest BCUT2D eigenvalue weighted by atomic mass is 15.3. The van der Waals surface area contributed by atoms with Crippen LogP contribution in [0.15, 0.2) is 36.5 Å². The quantitative estimate of drug-likeness (QED) is 0.623.